The molecule has 66 valence electrons. The lowest BCUT2D eigenvalue weighted by atomic mass is 10.3. The molecule has 1 aromatic heterocycles. The number of nitrogens with zero attached hydrogens (tertiary/aromatic N) is 3. The highest BCUT2D eigenvalue weighted by Crippen LogP contribution is 2.15. The van der Waals surface area contributed by atoms with Gasteiger partial charge in [0.15, 0.2) is 5.82 Å². The molecule has 13 heavy (non-hydrogen) atoms. The van der Waals surface area contributed by atoms with Crippen LogP contribution >= 0.6 is 15.9 Å². The highest BCUT2D eigenvalue weighted by Gasteiger charge is 2.00. The second-order valence-electron chi connectivity index (χ2n) is 2.52. The van der Waals surface area contributed by atoms with E-state index in [4.69, 9.17) is 5.11 Å². The van der Waals surface area contributed by atoms with Gasteiger partial charge in [0.1, 0.15) is 12.1 Å². The topological polar surface area (TPSA) is 58.9 Å². The van der Waals surface area contributed by atoms with E-state index in [0.29, 0.717) is 11.3 Å². The fourth-order valence-electron chi connectivity index (χ4n) is 1.01. The van der Waals surface area contributed by atoms with Crippen LogP contribution in [0.15, 0.2) is 22.7 Å². The number of halogens is 1. The number of benzene rings is 1. The van der Waals surface area contributed by atoms with Crippen molar-refractivity contribution in [1.82, 2.24) is 15.2 Å². The smallest absolute Gasteiger partial charge is 0.177 e. The van der Waals surface area contributed by atoms with Gasteiger partial charge < -0.3 is 5.11 Å². The Morgan fingerprint density at radius 1 is 1.23 bits per heavy atom. The number of rotatable bonds is 1. The first-order valence-corrected chi connectivity index (χ1v) is 4.48. The third-order valence-electron chi connectivity index (χ3n) is 1.60. The predicted octanol–water partition coefficient (Wildman–Crippen LogP) is 1.28. The number of aliphatic hydroxyl groups excluding tert-OH is 1. The van der Waals surface area contributed by atoms with Crippen molar-refractivity contribution in [3.8, 4) is 0 Å². The molecule has 2 rings (SSSR count). The molecule has 0 aliphatic heterocycles. The third kappa shape index (κ3) is 1.66. The van der Waals surface area contributed by atoms with Crippen molar-refractivity contribution in [2.75, 3.05) is 0 Å². The maximum Gasteiger partial charge on any atom is 0.177 e. The van der Waals surface area contributed by atoms with Crippen LogP contribution in [-0.2, 0) is 6.61 Å². The third-order valence-corrected chi connectivity index (χ3v) is 2.09. The lowest BCUT2D eigenvalue weighted by Crippen LogP contribution is -1.97. The maximum atomic E-state index is 8.78. The molecule has 0 aliphatic rings. The molecule has 2 aromatic rings. The summed E-state index contributed by atoms with van der Waals surface area (Å²) in [6.45, 7) is -0.182. The summed E-state index contributed by atoms with van der Waals surface area (Å²) in [7, 11) is 0. The average Bonchev–Trinajstić information content (AvgIpc) is 2.17. The molecule has 0 atom stereocenters. The van der Waals surface area contributed by atoms with Gasteiger partial charge in [-0.1, -0.05) is 15.9 Å². The van der Waals surface area contributed by atoms with Crippen molar-refractivity contribution in [3.63, 3.8) is 0 Å². The monoisotopic (exact) mass is 239 g/mol. The molecule has 5 heteroatoms. The molecule has 0 unspecified atom stereocenters. The Morgan fingerprint density at radius 2 is 2.08 bits per heavy atom. The van der Waals surface area contributed by atoms with E-state index in [0.717, 1.165) is 9.99 Å². The minimum atomic E-state index is -0.182. The fraction of sp³-hybridized carbons (Fsp3) is 0.125. The van der Waals surface area contributed by atoms with Gasteiger partial charge >= 0.3 is 0 Å². The molecule has 0 radical (unpaired) electrons. The van der Waals surface area contributed by atoms with Gasteiger partial charge in [0.2, 0.25) is 0 Å². The first-order valence-electron chi connectivity index (χ1n) is 3.69. The Hall–Kier alpha value is -1.07. The van der Waals surface area contributed by atoms with E-state index in [9.17, 15) is 0 Å². The van der Waals surface area contributed by atoms with E-state index in [1.54, 1.807) is 0 Å². The van der Waals surface area contributed by atoms with E-state index < -0.39 is 0 Å². The van der Waals surface area contributed by atoms with Crippen molar-refractivity contribution < 1.29 is 5.11 Å². The minimum Gasteiger partial charge on any atom is -0.388 e. The van der Waals surface area contributed by atoms with Gasteiger partial charge in [-0.15, -0.1) is 10.2 Å². The molecule has 4 nitrogen and oxygen atoms in total. The molecule has 0 aliphatic carbocycles. The van der Waals surface area contributed by atoms with E-state index in [-0.39, 0.29) is 6.61 Å². The van der Waals surface area contributed by atoms with Crippen LogP contribution in [0.3, 0.4) is 0 Å². The summed E-state index contributed by atoms with van der Waals surface area (Å²) in [5.74, 6) is 0.342. The summed E-state index contributed by atoms with van der Waals surface area (Å²) in [5.41, 5.74) is 1.45. The fourth-order valence-corrected chi connectivity index (χ4v) is 1.36. The van der Waals surface area contributed by atoms with Gasteiger partial charge in [-0.05, 0) is 18.2 Å². The summed E-state index contributed by atoms with van der Waals surface area (Å²) in [6.07, 6.45) is 0. The van der Waals surface area contributed by atoms with E-state index >= 15 is 0 Å². The average molecular weight is 240 g/mol. The van der Waals surface area contributed by atoms with Gasteiger partial charge in [0, 0.05) is 4.47 Å². The zero-order chi connectivity index (χ0) is 9.26. The molecule has 0 saturated carbocycles. The number of aliphatic hydroxyl groups is 1. The number of aromatic nitrogens is 3. The van der Waals surface area contributed by atoms with Crippen molar-refractivity contribution in [2.45, 2.75) is 6.61 Å². The van der Waals surface area contributed by atoms with Gasteiger partial charge in [0.25, 0.3) is 0 Å². The second-order valence-corrected chi connectivity index (χ2v) is 3.43. The molecular weight excluding hydrogens is 234 g/mol. The van der Waals surface area contributed by atoms with Gasteiger partial charge in [-0.3, -0.25) is 0 Å². The van der Waals surface area contributed by atoms with Crippen LogP contribution in [0.25, 0.3) is 11.0 Å². The Labute approximate surface area is 82.8 Å². The number of hydrogen-bond donors (Lipinski definition) is 1. The molecule has 0 amide bonds. The highest BCUT2D eigenvalue weighted by atomic mass is 79.9. The van der Waals surface area contributed by atoms with Crippen LogP contribution in [0, 0.1) is 0 Å². The van der Waals surface area contributed by atoms with Crippen LogP contribution < -0.4 is 0 Å². The summed E-state index contributed by atoms with van der Waals surface area (Å²) in [6, 6.07) is 5.53. The predicted molar refractivity (Wildman–Crippen MR) is 51.0 cm³/mol. The van der Waals surface area contributed by atoms with Crippen LogP contribution in [-0.4, -0.2) is 20.3 Å². The van der Waals surface area contributed by atoms with Crippen LogP contribution in [0.5, 0.6) is 0 Å². The lowest BCUT2D eigenvalue weighted by molar-refractivity contribution is 0.270. The van der Waals surface area contributed by atoms with Crippen molar-refractivity contribution in [1.29, 1.82) is 0 Å². The SMILES string of the molecule is OCc1nnc2cc(Br)ccc2n1. The number of fused-ring (bicyclic) bond motifs is 1. The normalized spacial score (nSPS) is 10.6. The Bertz CT molecular complexity index is 446. The van der Waals surface area contributed by atoms with Gasteiger partial charge in [-0.25, -0.2) is 4.98 Å². The molecular formula is C8H6BrN3O. The second kappa shape index (κ2) is 3.35. The highest BCUT2D eigenvalue weighted by molar-refractivity contribution is 9.10. The Balaban J connectivity index is 2.66. The zero-order valence-electron chi connectivity index (χ0n) is 6.61. The standard InChI is InChI=1S/C8H6BrN3O/c9-5-1-2-6-7(3-5)11-12-8(4-13)10-6/h1-3,13H,4H2. The van der Waals surface area contributed by atoms with Crippen LogP contribution in [0.1, 0.15) is 5.82 Å². The minimum absolute atomic E-state index is 0.182. The molecule has 0 spiro atoms. The summed E-state index contributed by atoms with van der Waals surface area (Å²) >= 11 is 3.32. The Kier molecular flexibility index (Phi) is 2.20. The molecule has 1 N–H and O–H groups in total. The van der Waals surface area contributed by atoms with Gasteiger partial charge in [0.05, 0.1) is 5.52 Å². The quantitative estimate of drug-likeness (QED) is 0.815. The molecule has 1 aromatic carbocycles. The molecule has 0 fully saturated rings. The largest absolute Gasteiger partial charge is 0.388 e. The van der Waals surface area contributed by atoms with Crippen LogP contribution in [0.4, 0.5) is 0 Å². The zero-order valence-corrected chi connectivity index (χ0v) is 8.19. The Morgan fingerprint density at radius 3 is 2.85 bits per heavy atom. The molecule has 1 heterocycles. The first-order chi connectivity index (χ1) is 6.29. The van der Waals surface area contributed by atoms with Crippen molar-refractivity contribution in [2.24, 2.45) is 0 Å². The summed E-state index contributed by atoms with van der Waals surface area (Å²) in [4.78, 5) is 4.09. The van der Waals surface area contributed by atoms with E-state index in [1.165, 1.54) is 0 Å². The van der Waals surface area contributed by atoms with Gasteiger partial charge in [-0.2, -0.15) is 0 Å². The van der Waals surface area contributed by atoms with E-state index in [2.05, 4.69) is 31.1 Å². The molecule has 0 saturated heterocycles. The van der Waals surface area contributed by atoms with Crippen molar-refractivity contribution in [3.05, 3.63) is 28.5 Å². The lowest BCUT2D eigenvalue weighted by Gasteiger charge is -1.97. The van der Waals surface area contributed by atoms with E-state index in [1.807, 2.05) is 18.2 Å². The van der Waals surface area contributed by atoms with Crippen LogP contribution in [0.2, 0.25) is 0 Å². The number of hydrogen-bond acceptors (Lipinski definition) is 4. The summed E-state index contributed by atoms with van der Waals surface area (Å²) < 4.78 is 0.938. The maximum absolute atomic E-state index is 8.78. The van der Waals surface area contributed by atoms with Crippen molar-refractivity contribution >= 4 is 27.0 Å². The molecule has 0 bridgehead atoms. The first kappa shape index (κ1) is 8.52. The summed E-state index contributed by atoms with van der Waals surface area (Å²) in [5, 5.41) is 16.4.